The molecule has 0 saturated carbocycles. The van der Waals surface area contributed by atoms with E-state index in [1.165, 1.54) is 20.3 Å². The lowest BCUT2D eigenvalue weighted by Crippen LogP contribution is -2.14. The smallest absolute Gasteiger partial charge is 0.163 e. The van der Waals surface area contributed by atoms with Crippen molar-refractivity contribution in [1.29, 1.82) is 0 Å². The number of hydrogen-bond acceptors (Lipinski definition) is 3. The molecule has 0 bridgehead atoms. The first-order valence-electron chi connectivity index (χ1n) is 5.99. The first-order chi connectivity index (χ1) is 9.56. The lowest BCUT2D eigenvalue weighted by atomic mass is 9.98. The zero-order valence-electron chi connectivity index (χ0n) is 11.2. The summed E-state index contributed by atoms with van der Waals surface area (Å²) in [5.41, 5.74) is 7.32. The van der Waals surface area contributed by atoms with E-state index in [0.717, 1.165) is 10.0 Å². The number of rotatable bonds is 4. The van der Waals surface area contributed by atoms with E-state index in [2.05, 4.69) is 15.9 Å². The van der Waals surface area contributed by atoms with Crippen molar-refractivity contribution < 1.29 is 13.9 Å². The summed E-state index contributed by atoms with van der Waals surface area (Å²) in [6.07, 6.45) is 0. The minimum Gasteiger partial charge on any atom is -0.493 e. The Kier molecular flexibility index (Phi) is 4.62. The molecule has 0 aromatic heterocycles. The molecule has 2 aromatic rings. The van der Waals surface area contributed by atoms with Crippen LogP contribution in [0.2, 0.25) is 0 Å². The van der Waals surface area contributed by atoms with Crippen molar-refractivity contribution in [2.45, 2.75) is 6.04 Å². The van der Waals surface area contributed by atoms with Crippen molar-refractivity contribution in [2.75, 3.05) is 14.2 Å². The van der Waals surface area contributed by atoms with Crippen molar-refractivity contribution in [3.05, 3.63) is 57.8 Å². The number of hydrogen-bond donors (Lipinski definition) is 1. The molecule has 0 saturated heterocycles. The van der Waals surface area contributed by atoms with E-state index in [1.807, 2.05) is 24.3 Å². The van der Waals surface area contributed by atoms with E-state index >= 15 is 0 Å². The van der Waals surface area contributed by atoms with Crippen molar-refractivity contribution in [3.8, 4) is 11.5 Å². The molecular formula is C15H15BrFNO2. The van der Waals surface area contributed by atoms with Crippen LogP contribution in [0.15, 0.2) is 40.9 Å². The number of halogens is 2. The maximum Gasteiger partial charge on any atom is 0.163 e. The van der Waals surface area contributed by atoms with Gasteiger partial charge in [-0.25, -0.2) is 4.39 Å². The fourth-order valence-corrected chi connectivity index (χ4v) is 2.22. The standard InChI is InChI=1S/C15H15BrFNO2/c1-19-13-7-11(12(17)8-14(13)20-2)15(18)9-3-5-10(16)6-4-9/h3-8,15H,18H2,1-2H3. The molecule has 0 spiro atoms. The average molecular weight is 340 g/mol. The Labute approximate surface area is 125 Å². The third kappa shape index (κ3) is 2.94. The predicted molar refractivity (Wildman–Crippen MR) is 79.7 cm³/mol. The van der Waals surface area contributed by atoms with E-state index in [4.69, 9.17) is 15.2 Å². The maximum absolute atomic E-state index is 14.1. The van der Waals surface area contributed by atoms with E-state index in [-0.39, 0.29) is 0 Å². The molecule has 2 N–H and O–H groups in total. The van der Waals surface area contributed by atoms with Gasteiger partial charge in [-0.15, -0.1) is 0 Å². The minimum atomic E-state index is -0.567. The molecule has 1 atom stereocenters. The Morgan fingerprint density at radius 1 is 1.05 bits per heavy atom. The highest BCUT2D eigenvalue weighted by Crippen LogP contribution is 2.33. The lowest BCUT2D eigenvalue weighted by Gasteiger charge is -2.16. The second kappa shape index (κ2) is 6.24. The monoisotopic (exact) mass is 339 g/mol. The Balaban J connectivity index is 2.43. The highest BCUT2D eigenvalue weighted by Gasteiger charge is 2.17. The van der Waals surface area contributed by atoms with Crippen LogP contribution in [0.5, 0.6) is 11.5 Å². The molecule has 106 valence electrons. The number of methoxy groups -OCH3 is 2. The minimum absolute atomic E-state index is 0.344. The number of nitrogens with two attached hydrogens (primary N) is 1. The van der Waals surface area contributed by atoms with Crippen molar-refractivity contribution in [3.63, 3.8) is 0 Å². The molecule has 0 heterocycles. The Hall–Kier alpha value is -1.59. The van der Waals surface area contributed by atoms with Crippen LogP contribution in [-0.4, -0.2) is 14.2 Å². The van der Waals surface area contributed by atoms with Gasteiger partial charge in [0.25, 0.3) is 0 Å². The molecule has 5 heteroatoms. The third-order valence-corrected chi connectivity index (χ3v) is 3.60. The molecule has 0 fully saturated rings. The van der Waals surface area contributed by atoms with Gasteiger partial charge in [-0.3, -0.25) is 0 Å². The molecule has 2 aromatic carbocycles. The first-order valence-corrected chi connectivity index (χ1v) is 6.78. The summed E-state index contributed by atoms with van der Waals surface area (Å²) in [5, 5.41) is 0. The van der Waals surface area contributed by atoms with Crippen LogP contribution < -0.4 is 15.2 Å². The Morgan fingerprint density at radius 3 is 2.15 bits per heavy atom. The summed E-state index contributed by atoms with van der Waals surface area (Å²) in [5.74, 6) is 0.381. The summed E-state index contributed by atoms with van der Waals surface area (Å²) in [6.45, 7) is 0. The van der Waals surface area contributed by atoms with Crippen LogP contribution in [-0.2, 0) is 0 Å². The van der Waals surface area contributed by atoms with Crippen molar-refractivity contribution in [1.82, 2.24) is 0 Å². The predicted octanol–water partition coefficient (Wildman–Crippen LogP) is 3.65. The maximum atomic E-state index is 14.1. The van der Waals surface area contributed by atoms with Gasteiger partial charge < -0.3 is 15.2 Å². The molecule has 0 amide bonds. The topological polar surface area (TPSA) is 44.5 Å². The number of ether oxygens (including phenoxy) is 2. The zero-order valence-corrected chi connectivity index (χ0v) is 12.8. The fourth-order valence-electron chi connectivity index (χ4n) is 1.96. The normalized spacial score (nSPS) is 12.1. The van der Waals surface area contributed by atoms with E-state index in [1.54, 1.807) is 6.07 Å². The van der Waals surface area contributed by atoms with Gasteiger partial charge in [0.05, 0.1) is 20.3 Å². The molecule has 0 aliphatic heterocycles. The van der Waals surface area contributed by atoms with Crippen LogP contribution in [0.1, 0.15) is 17.2 Å². The van der Waals surface area contributed by atoms with Gasteiger partial charge in [-0.1, -0.05) is 28.1 Å². The highest BCUT2D eigenvalue weighted by atomic mass is 79.9. The van der Waals surface area contributed by atoms with E-state index < -0.39 is 11.9 Å². The lowest BCUT2D eigenvalue weighted by molar-refractivity contribution is 0.351. The molecule has 3 nitrogen and oxygen atoms in total. The van der Waals surface area contributed by atoms with Gasteiger partial charge in [-0.2, -0.15) is 0 Å². The van der Waals surface area contributed by atoms with Crippen molar-refractivity contribution in [2.24, 2.45) is 5.73 Å². The summed E-state index contributed by atoms with van der Waals surface area (Å²) < 4.78 is 25.3. The van der Waals surface area contributed by atoms with E-state index in [0.29, 0.717) is 17.1 Å². The SMILES string of the molecule is COc1cc(F)c(C(N)c2ccc(Br)cc2)cc1OC. The average Bonchev–Trinajstić information content (AvgIpc) is 2.47. The highest BCUT2D eigenvalue weighted by molar-refractivity contribution is 9.10. The summed E-state index contributed by atoms with van der Waals surface area (Å²) in [6, 6.07) is 9.73. The summed E-state index contributed by atoms with van der Waals surface area (Å²) >= 11 is 3.36. The first kappa shape index (κ1) is 14.8. The second-order valence-corrected chi connectivity index (χ2v) is 5.17. The fraction of sp³-hybridized carbons (Fsp3) is 0.200. The molecule has 2 rings (SSSR count). The molecule has 20 heavy (non-hydrogen) atoms. The Morgan fingerprint density at radius 2 is 1.60 bits per heavy atom. The molecular weight excluding hydrogens is 325 g/mol. The van der Waals surface area contributed by atoms with Gasteiger partial charge in [0.15, 0.2) is 11.5 Å². The summed E-state index contributed by atoms with van der Waals surface area (Å²) in [7, 11) is 2.97. The van der Waals surface area contributed by atoms with Gasteiger partial charge in [0.1, 0.15) is 5.82 Å². The molecule has 1 unspecified atom stereocenters. The van der Waals surface area contributed by atoms with Gasteiger partial charge >= 0.3 is 0 Å². The van der Waals surface area contributed by atoms with Crippen LogP contribution in [0.25, 0.3) is 0 Å². The summed E-state index contributed by atoms with van der Waals surface area (Å²) in [4.78, 5) is 0. The molecule has 0 aliphatic carbocycles. The van der Waals surface area contributed by atoms with Gasteiger partial charge in [0, 0.05) is 16.1 Å². The largest absolute Gasteiger partial charge is 0.493 e. The van der Waals surface area contributed by atoms with Gasteiger partial charge in [0.2, 0.25) is 0 Å². The van der Waals surface area contributed by atoms with Gasteiger partial charge in [-0.05, 0) is 23.8 Å². The quantitative estimate of drug-likeness (QED) is 0.924. The second-order valence-electron chi connectivity index (χ2n) is 4.26. The van der Waals surface area contributed by atoms with Crippen LogP contribution in [0.3, 0.4) is 0 Å². The van der Waals surface area contributed by atoms with Crippen LogP contribution >= 0.6 is 15.9 Å². The molecule has 0 aliphatic rings. The van der Waals surface area contributed by atoms with Crippen molar-refractivity contribution >= 4 is 15.9 Å². The van der Waals surface area contributed by atoms with Crippen LogP contribution in [0.4, 0.5) is 4.39 Å². The number of benzene rings is 2. The Bertz CT molecular complexity index is 602. The van der Waals surface area contributed by atoms with Crippen LogP contribution in [0, 0.1) is 5.82 Å². The zero-order chi connectivity index (χ0) is 14.7. The molecule has 0 radical (unpaired) electrons. The van der Waals surface area contributed by atoms with E-state index in [9.17, 15) is 4.39 Å². The third-order valence-electron chi connectivity index (χ3n) is 3.07.